The first-order chi connectivity index (χ1) is 6.29. The SMILES string of the molecule is CC(C)CCCOc1cccnn1. The van der Waals surface area contributed by atoms with Crippen LogP contribution in [0.25, 0.3) is 0 Å². The molecular weight excluding hydrogens is 164 g/mol. The molecule has 0 aliphatic carbocycles. The molecule has 0 aliphatic rings. The van der Waals surface area contributed by atoms with Crippen LogP contribution in [-0.2, 0) is 0 Å². The molecule has 0 amide bonds. The van der Waals surface area contributed by atoms with Gasteiger partial charge >= 0.3 is 0 Å². The molecule has 1 aromatic rings. The fourth-order valence-electron chi connectivity index (χ4n) is 1.03. The van der Waals surface area contributed by atoms with Gasteiger partial charge in [0.25, 0.3) is 0 Å². The molecule has 0 radical (unpaired) electrons. The molecule has 3 heteroatoms. The van der Waals surface area contributed by atoms with Crippen molar-refractivity contribution in [3.05, 3.63) is 18.3 Å². The van der Waals surface area contributed by atoms with Gasteiger partial charge in [0.1, 0.15) is 0 Å². The highest BCUT2D eigenvalue weighted by molar-refractivity contribution is 5.04. The minimum Gasteiger partial charge on any atom is -0.477 e. The maximum absolute atomic E-state index is 5.38. The van der Waals surface area contributed by atoms with E-state index < -0.39 is 0 Å². The summed E-state index contributed by atoms with van der Waals surface area (Å²) < 4.78 is 5.38. The van der Waals surface area contributed by atoms with Crippen LogP contribution in [0.5, 0.6) is 5.88 Å². The van der Waals surface area contributed by atoms with Crippen molar-refractivity contribution < 1.29 is 4.74 Å². The van der Waals surface area contributed by atoms with Crippen molar-refractivity contribution in [2.45, 2.75) is 26.7 Å². The summed E-state index contributed by atoms with van der Waals surface area (Å²) in [4.78, 5) is 0. The van der Waals surface area contributed by atoms with E-state index in [0.717, 1.165) is 18.9 Å². The zero-order valence-electron chi connectivity index (χ0n) is 8.23. The Labute approximate surface area is 79.1 Å². The van der Waals surface area contributed by atoms with E-state index in [9.17, 15) is 0 Å². The number of nitrogens with zero attached hydrogens (tertiary/aromatic N) is 2. The Morgan fingerprint density at radius 1 is 1.46 bits per heavy atom. The van der Waals surface area contributed by atoms with Gasteiger partial charge in [-0.2, -0.15) is 5.10 Å². The standard InChI is InChI=1S/C10H16N2O/c1-9(2)5-4-8-13-10-6-3-7-11-12-10/h3,6-7,9H,4-5,8H2,1-2H3. The van der Waals surface area contributed by atoms with Gasteiger partial charge in [-0.05, 0) is 24.8 Å². The first-order valence-electron chi connectivity index (χ1n) is 4.69. The lowest BCUT2D eigenvalue weighted by molar-refractivity contribution is 0.284. The molecule has 0 spiro atoms. The van der Waals surface area contributed by atoms with Gasteiger partial charge in [0.05, 0.1) is 6.61 Å². The topological polar surface area (TPSA) is 35.0 Å². The summed E-state index contributed by atoms with van der Waals surface area (Å²) in [6.45, 7) is 5.15. The van der Waals surface area contributed by atoms with Gasteiger partial charge in [-0.25, -0.2) is 0 Å². The van der Waals surface area contributed by atoms with Crippen molar-refractivity contribution in [3.8, 4) is 5.88 Å². The summed E-state index contributed by atoms with van der Waals surface area (Å²) in [5.41, 5.74) is 0. The predicted octanol–water partition coefficient (Wildman–Crippen LogP) is 2.29. The monoisotopic (exact) mass is 180 g/mol. The maximum atomic E-state index is 5.38. The van der Waals surface area contributed by atoms with Crippen molar-refractivity contribution in [1.82, 2.24) is 10.2 Å². The number of hydrogen-bond acceptors (Lipinski definition) is 3. The highest BCUT2D eigenvalue weighted by Crippen LogP contribution is 2.06. The molecule has 0 saturated heterocycles. The molecule has 0 atom stereocenters. The molecule has 0 aromatic carbocycles. The maximum Gasteiger partial charge on any atom is 0.233 e. The van der Waals surface area contributed by atoms with Crippen LogP contribution in [0.1, 0.15) is 26.7 Å². The second-order valence-electron chi connectivity index (χ2n) is 3.45. The summed E-state index contributed by atoms with van der Waals surface area (Å²) in [6.07, 6.45) is 3.91. The Balaban J connectivity index is 2.13. The average Bonchev–Trinajstić information content (AvgIpc) is 2.14. The molecule has 0 N–H and O–H groups in total. The van der Waals surface area contributed by atoms with E-state index in [4.69, 9.17) is 4.74 Å². The van der Waals surface area contributed by atoms with Crippen molar-refractivity contribution in [1.29, 1.82) is 0 Å². The fraction of sp³-hybridized carbons (Fsp3) is 0.600. The fourth-order valence-corrected chi connectivity index (χ4v) is 1.03. The van der Waals surface area contributed by atoms with Crippen LogP contribution < -0.4 is 4.74 Å². The summed E-state index contributed by atoms with van der Waals surface area (Å²) in [5.74, 6) is 1.36. The molecule has 13 heavy (non-hydrogen) atoms. The average molecular weight is 180 g/mol. The van der Waals surface area contributed by atoms with Crippen LogP contribution in [0.3, 0.4) is 0 Å². The third kappa shape index (κ3) is 4.45. The van der Waals surface area contributed by atoms with E-state index in [1.165, 1.54) is 6.42 Å². The van der Waals surface area contributed by atoms with E-state index in [-0.39, 0.29) is 0 Å². The van der Waals surface area contributed by atoms with Crippen molar-refractivity contribution in [2.75, 3.05) is 6.61 Å². The second-order valence-corrected chi connectivity index (χ2v) is 3.45. The van der Waals surface area contributed by atoms with Gasteiger partial charge < -0.3 is 4.74 Å². The number of aromatic nitrogens is 2. The molecule has 0 unspecified atom stereocenters. The first kappa shape index (κ1) is 9.96. The van der Waals surface area contributed by atoms with Crippen LogP contribution in [0, 0.1) is 5.92 Å². The minimum atomic E-state index is 0.617. The van der Waals surface area contributed by atoms with Gasteiger partial charge in [-0.15, -0.1) is 5.10 Å². The summed E-state index contributed by atoms with van der Waals surface area (Å²) in [5, 5.41) is 7.55. The van der Waals surface area contributed by atoms with E-state index in [1.54, 1.807) is 6.20 Å². The molecule has 72 valence electrons. The smallest absolute Gasteiger partial charge is 0.233 e. The van der Waals surface area contributed by atoms with Crippen molar-refractivity contribution >= 4 is 0 Å². The Morgan fingerprint density at radius 2 is 2.31 bits per heavy atom. The van der Waals surface area contributed by atoms with Crippen LogP contribution in [0.4, 0.5) is 0 Å². The van der Waals surface area contributed by atoms with Crippen molar-refractivity contribution in [2.24, 2.45) is 5.92 Å². The molecule has 0 aliphatic heterocycles. The van der Waals surface area contributed by atoms with Gasteiger partial charge in [-0.3, -0.25) is 0 Å². The highest BCUT2D eigenvalue weighted by Gasteiger charge is 1.96. The Hall–Kier alpha value is -1.12. The largest absolute Gasteiger partial charge is 0.477 e. The zero-order valence-corrected chi connectivity index (χ0v) is 8.23. The van der Waals surface area contributed by atoms with E-state index in [2.05, 4.69) is 24.0 Å². The van der Waals surface area contributed by atoms with Crippen LogP contribution >= 0.6 is 0 Å². The number of ether oxygens (including phenoxy) is 1. The number of rotatable bonds is 5. The lowest BCUT2D eigenvalue weighted by Crippen LogP contribution is -2.01. The second kappa shape index (κ2) is 5.51. The molecule has 0 fully saturated rings. The lowest BCUT2D eigenvalue weighted by Gasteiger charge is -2.05. The lowest BCUT2D eigenvalue weighted by atomic mass is 10.1. The van der Waals surface area contributed by atoms with E-state index >= 15 is 0 Å². The molecule has 1 heterocycles. The van der Waals surface area contributed by atoms with E-state index in [0.29, 0.717) is 5.88 Å². The Morgan fingerprint density at radius 3 is 2.92 bits per heavy atom. The van der Waals surface area contributed by atoms with Crippen molar-refractivity contribution in [3.63, 3.8) is 0 Å². The van der Waals surface area contributed by atoms with Gasteiger partial charge in [0, 0.05) is 12.3 Å². The molecular formula is C10H16N2O. The van der Waals surface area contributed by atoms with Gasteiger partial charge in [0.2, 0.25) is 5.88 Å². The number of hydrogen-bond donors (Lipinski definition) is 0. The van der Waals surface area contributed by atoms with Gasteiger partial charge in [0.15, 0.2) is 0 Å². The minimum absolute atomic E-state index is 0.617. The normalized spacial score (nSPS) is 10.4. The predicted molar refractivity (Wildman–Crippen MR) is 51.6 cm³/mol. The molecule has 1 rings (SSSR count). The Bertz CT molecular complexity index is 224. The van der Waals surface area contributed by atoms with E-state index in [1.807, 2.05) is 12.1 Å². The van der Waals surface area contributed by atoms with Crippen LogP contribution in [0.2, 0.25) is 0 Å². The first-order valence-corrected chi connectivity index (χ1v) is 4.69. The molecule has 0 bridgehead atoms. The molecule has 3 nitrogen and oxygen atoms in total. The van der Waals surface area contributed by atoms with Crippen LogP contribution in [-0.4, -0.2) is 16.8 Å². The molecule has 0 saturated carbocycles. The summed E-state index contributed by atoms with van der Waals surface area (Å²) >= 11 is 0. The van der Waals surface area contributed by atoms with Gasteiger partial charge in [-0.1, -0.05) is 13.8 Å². The molecule has 1 aromatic heterocycles. The highest BCUT2D eigenvalue weighted by atomic mass is 16.5. The third-order valence-corrected chi connectivity index (χ3v) is 1.72. The summed E-state index contributed by atoms with van der Waals surface area (Å²) in [7, 11) is 0. The van der Waals surface area contributed by atoms with Crippen LogP contribution in [0.15, 0.2) is 18.3 Å². The Kier molecular flexibility index (Phi) is 4.23. The third-order valence-electron chi connectivity index (χ3n) is 1.72. The quantitative estimate of drug-likeness (QED) is 0.652. The zero-order chi connectivity index (χ0) is 9.52. The summed E-state index contributed by atoms with van der Waals surface area (Å²) in [6, 6.07) is 3.65.